The Balaban J connectivity index is 1.58. The second-order valence-corrected chi connectivity index (χ2v) is 5.87. The maximum atomic E-state index is 12.0. The summed E-state index contributed by atoms with van der Waals surface area (Å²) in [5.41, 5.74) is 4.47. The summed E-state index contributed by atoms with van der Waals surface area (Å²) in [6, 6.07) is 24.6. The van der Waals surface area contributed by atoms with E-state index in [9.17, 15) is 4.79 Å². The van der Waals surface area contributed by atoms with Gasteiger partial charge in [-0.2, -0.15) is 5.26 Å². The molecule has 26 heavy (non-hydrogen) atoms. The summed E-state index contributed by atoms with van der Waals surface area (Å²) in [5, 5.41) is 11.7. The highest BCUT2D eigenvalue weighted by Gasteiger charge is 2.06. The summed E-state index contributed by atoms with van der Waals surface area (Å²) in [7, 11) is 0. The summed E-state index contributed by atoms with van der Waals surface area (Å²) in [5.74, 6) is 0.429. The number of carbonyl (C=O) groups excluding carboxylic acids is 1. The molecule has 1 N–H and O–H groups in total. The van der Waals surface area contributed by atoms with Gasteiger partial charge >= 0.3 is 0 Å². The lowest BCUT2D eigenvalue weighted by atomic mass is 10.0. The molecule has 0 unspecified atom stereocenters. The summed E-state index contributed by atoms with van der Waals surface area (Å²) in [6.07, 6.45) is 0. The van der Waals surface area contributed by atoms with E-state index in [4.69, 9.17) is 10.00 Å². The van der Waals surface area contributed by atoms with Crippen LogP contribution in [0.1, 0.15) is 11.1 Å². The monoisotopic (exact) mass is 342 g/mol. The minimum atomic E-state index is -0.199. The maximum Gasteiger partial charge on any atom is 0.262 e. The Kier molecular flexibility index (Phi) is 5.31. The summed E-state index contributed by atoms with van der Waals surface area (Å²) < 4.78 is 5.55. The molecule has 0 aromatic heterocycles. The highest BCUT2D eigenvalue weighted by molar-refractivity contribution is 5.92. The third kappa shape index (κ3) is 4.28. The van der Waals surface area contributed by atoms with E-state index in [1.54, 1.807) is 12.1 Å². The zero-order chi connectivity index (χ0) is 18.4. The standard InChI is InChI=1S/C22H18N2O2/c1-16-4-2-3-5-21(16)24-22(25)15-26-20-12-10-19(11-13-20)18-8-6-17(14-23)7-9-18/h2-13H,15H2,1H3,(H,24,25). The molecule has 0 fully saturated rings. The number of nitrogens with zero attached hydrogens (tertiary/aromatic N) is 1. The van der Waals surface area contributed by atoms with Crippen molar-refractivity contribution in [2.75, 3.05) is 11.9 Å². The quantitative estimate of drug-likeness (QED) is 0.740. The van der Waals surface area contributed by atoms with Crippen LogP contribution in [-0.4, -0.2) is 12.5 Å². The molecular weight excluding hydrogens is 324 g/mol. The minimum Gasteiger partial charge on any atom is -0.484 e. The van der Waals surface area contributed by atoms with Gasteiger partial charge in [-0.05, 0) is 53.9 Å². The summed E-state index contributed by atoms with van der Waals surface area (Å²) in [6.45, 7) is 1.89. The number of hydrogen-bond acceptors (Lipinski definition) is 3. The van der Waals surface area contributed by atoms with E-state index in [0.29, 0.717) is 11.3 Å². The van der Waals surface area contributed by atoms with Gasteiger partial charge in [0.15, 0.2) is 6.61 Å². The Hall–Kier alpha value is -3.58. The zero-order valence-corrected chi connectivity index (χ0v) is 14.4. The Bertz CT molecular complexity index is 939. The number of anilines is 1. The molecular formula is C22H18N2O2. The molecule has 0 bridgehead atoms. The number of hydrogen-bond donors (Lipinski definition) is 1. The molecule has 0 aliphatic rings. The number of para-hydroxylation sites is 1. The Labute approximate surface area is 152 Å². The predicted octanol–water partition coefficient (Wildman–Crippen LogP) is 4.55. The van der Waals surface area contributed by atoms with Crippen LogP contribution in [0.15, 0.2) is 72.8 Å². The topological polar surface area (TPSA) is 62.1 Å². The lowest BCUT2D eigenvalue weighted by molar-refractivity contribution is -0.118. The predicted molar refractivity (Wildman–Crippen MR) is 102 cm³/mol. The highest BCUT2D eigenvalue weighted by atomic mass is 16.5. The Morgan fingerprint density at radius 1 is 0.962 bits per heavy atom. The highest BCUT2D eigenvalue weighted by Crippen LogP contribution is 2.23. The Morgan fingerprint density at radius 3 is 2.19 bits per heavy atom. The lowest BCUT2D eigenvalue weighted by Crippen LogP contribution is -2.20. The van der Waals surface area contributed by atoms with Gasteiger partial charge in [-0.3, -0.25) is 4.79 Å². The largest absolute Gasteiger partial charge is 0.484 e. The molecule has 0 saturated heterocycles. The van der Waals surface area contributed by atoms with Crippen molar-refractivity contribution in [1.29, 1.82) is 5.26 Å². The van der Waals surface area contributed by atoms with Crippen LogP contribution >= 0.6 is 0 Å². The first-order valence-corrected chi connectivity index (χ1v) is 8.24. The first-order chi connectivity index (χ1) is 12.7. The van der Waals surface area contributed by atoms with Gasteiger partial charge in [0.05, 0.1) is 11.6 Å². The van der Waals surface area contributed by atoms with E-state index in [1.807, 2.05) is 67.6 Å². The normalized spacial score (nSPS) is 10.0. The SMILES string of the molecule is Cc1ccccc1NC(=O)COc1ccc(-c2ccc(C#N)cc2)cc1. The molecule has 0 saturated carbocycles. The molecule has 128 valence electrons. The average molecular weight is 342 g/mol. The van der Waals surface area contributed by atoms with Crippen LogP contribution in [0.2, 0.25) is 0 Å². The van der Waals surface area contributed by atoms with E-state index in [-0.39, 0.29) is 12.5 Å². The zero-order valence-electron chi connectivity index (χ0n) is 14.4. The van der Waals surface area contributed by atoms with E-state index in [2.05, 4.69) is 11.4 Å². The number of benzene rings is 3. The fourth-order valence-corrected chi connectivity index (χ4v) is 2.53. The third-order valence-corrected chi connectivity index (χ3v) is 3.99. The molecule has 3 rings (SSSR count). The van der Waals surface area contributed by atoms with Gasteiger partial charge in [-0.15, -0.1) is 0 Å². The first-order valence-electron chi connectivity index (χ1n) is 8.24. The van der Waals surface area contributed by atoms with Gasteiger partial charge in [0, 0.05) is 5.69 Å². The molecule has 3 aromatic rings. The van der Waals surface area contributed by atoms with E-state index < -0.39 is 0 Å². The van der Waals surface area contributed by atoms with Crippen molar-refractivity contribution < 1.29 is 9.53 Å². The molecule has 4 heteroatoms. The van der Waals surface area contributed by atoms with Crippen LogP contribution in [0.25, 0.3) is 11.1 Å². The maximum absolute atomic E-state index is 12.0. The van der Waals surface area contributed by atoms with Crippen LogP contribution in [0.5, 0.6) is 5.75 Å². The fourth-order valence-electron chi connectivity index (χ4n) is 2.53. The second kappa shape index (κ2) is 8.00. The van der Waals surface area contributed by atoms with Crippen LogP contribution in [0.4, 0.5) is 5.69 Å². The van der Waals surface area contributed by atoms with Gasteiger partial charge in [-0.25, -0.2) is 0 Å². The number of amides is 1. The molecule has 0 atom stereocenters. The van der Waals surface area contributed by atoms with Gasteiger partial charge in [0.2, 0.25) is 0 Å². The van der Waals surface area contributed by atoms with Gasteiger partial charge in [0.1, 0.15) is 5.75 Å². The van der Waals surface area contributed by atoms with Crippen molar-refractivity contribution in [2.24, 2.45) is 0 Å². The number of nitrogens with one attached hydrogen (secondary N) is 1. The lowest BCUT2D eigenvalue weighted by Gasteiger charge is -2.10. The van der Waals surface area contributed by atoms with Gasteiger partial charge in [0.25, 0.3) is 5.91 Å². The van der Waals surface area contributed by atoms with Gasteiger partial charge in [-0.1, -0.05) is 42.5 Å². The Morgan fingerprint density at radius 2 is 1.58 bits per heavy atom. The molecule has 4 nitrogen and oxygen atoms in total. The smallest absolute Gasteiger partial charge is 0.262 e. The number of carbonyl (C=O) groups is 1. The van der Waals surface area contributed by atoms with E-state index in [0.717, 1.165) is 22.4 Å². The minimum absolute atomic E-state index is 0.0510. The second-order valence-electron chi connectivity index (χ2n) is 5.87. The van der Waals surface area contributed by atoms with Crippen molar-refractivity contribution >= 4 is 11.6 Å². The van der Waals surface area contributed by atoms with Crippen molar-refractivity contribution in [3.05, 3.63) is 83.9 Å². The molecule has 0 spiro atoms. The summed E-state index contributed by atoms with van der Waals surface area (Å²) >= 11 is 0. The van der Waals surface area contributed by atoms with Crippen molar-refractivity contribution in [3.8, 4) is 22.9 Å². The molecule has 1 amide bonds. The molecule has 0 radical (unpaired) electrons. The van der Waals surface area contributed by atoms with Gasteiger partial charge < -0.3 is 10.1 Å². The third-order valence-electron chi connectivity index (χ3n) is 3.99. The van der Waals surface area contributed by atoms with Crippen molar-refractivity contribution in [2.45, 2.75) is 6.92 Å². The molecule has 0 aliphatic carbocycles. The average Bonchev–Trinajstić information content (AvgIpc) is 2.69. The number of aryl methyl sites for hydroxylation is 1. The van der Waals surface area contributed by atoms with Crippen LogP contribution in [0.3, 0.4) is 0 Å². The van der Waals surface area contributed by atoms with Crippen molar-refractivity contribution in [1.82, 2.24) is 0 Å². The molecule has 0 aliphatic heterocycles. The molecule has 3 aromatic carbocycles. The molecule has 0 heterocycles. The van der Waals surface area contributed by atoms with E-state index in [1.165, 1.54) is 0 Å². The van der Waals surface area contributed by atoms with Crippen LogP contribution in [-0.2, 0) is 4.79 Å². The van der Waals surface area contributed by atoms with Crippen LogP contribution in [0, 0.1) is 18.3 Å². The number of rotatable bonds is 5. The van der Waals surface area contributed by atoms with E-state index >= 15 is 0 Å². The first kappa shape index (κ1) is 17.2. The fraction of sp³-hybridized carbons (Fsp3) is 0.0909. The number of nitriles is 1. The summed E-state index contributed by atoms with van der Waals surface area (Å²) in [4.78, 5) is 12.0. The number of ether oxygens (including phenoxy) is 1. The van der Waals surface area contributed by atoms with Crippen LogP contribution < -0.4 is 10.1 Å². The van der Waals surface area contributed by atoms with Crippen molar-refractivity contribution in [3.63, 3.8) is 0 Å².